The van der Waals surface area contributed by atoms with Gasteiger partial charge in [-0.15, -0.1) is 0 Å². The minimum absolute atomic E-state index is 0.0435. The molecule has 0 spiro atoms. The fourth-order valence-corrected chi connectivity index (χ4v) is 5.92. The molecule has 0 aliphatic heterocycles. The molecule has 2 atom stereocenters. The van der Waals surface area contributed by atoms with Gasteiger partial charge in [0.25, 0.3) is 0 Å². The van der Waals surface area contributed by atoms with E-state index in [1.807, 2.05) is 33.3 Å². The lowest BCUT2D eigenvalue weighted by Crippen LogP contribution is -2.44. The predicted octanol–water partition coefficient (Wildman–Crippen LogP) is 13.3. The number of aliphatic carboxylic acids is 1. The quantitative estimate of drug-likeness (QED) is 0.0195. The second kappa shape index (κ2) is 49.3. The van der Waals surface area contributed by atoms with Crippen molar-refractivity contribution in [3.05, 3.63) is 158 Å². The van der Waals surface area contributed by atoms with Crippen molar-refractivity contribution in [2.24, 2.45) is 0 Å². The van der Waals surface area contributed by atoms with E-state index in [0.717, 1.165) is 103 Å². The molecule has 0 aromatic heterocycles. The molecule has 0 aromatic rings. The summed E-state index contributed by atoms with van der Waals surface area (Å²) in [5, 5.41) is 11.7. The molecule has 69 heavy (non-hydrogen) atoms. The molecule has 0 heterocycles. The summed E-state index contributed by atoms with van der Waals surface area (Å²) in [6, 6.07) is 0. The van der Waals surface area contributed by atoms with E-state index in [1.165, 1.54) is 0 Å². The standard InChI is InChI=1S/C60H91NO8/c1-6-8-10-12-14-16-18-20-22-23-24-25-26-27-28-29-30-31-32-33-34-35-37-39-41-43-45-47-49-51-58(63)69-56(55-68-60(59(64)65)66-53-52-61(3,4)5)54-67-57(62)50-48-46-44-42-40-38-36-21-19-17-15-13-11-9-7-2/h8-11,14-17,20-22,24-25,27-28,30-31,33-34,36-37,39-40,42,46,48,56,60H,6-7,12-13,18-19,23,26,29,32,35,38,41,43-45,47,49-55H2,1-5H3/b10-8-,11-9-,16-14-,17-15-,22-20-,25-24-,28-27-,31-30-,34-33-,36-21-,39-37-,42-40-,48-46-. The van der Waals surface area contributed by atoms with Crippen LogP contribution in [0.4, 0.5) is 0 Å². The maximum absolute atomic E-state index is 12.8. The van der Waals surface area contributed by atoms with E-state index < -0.39 is 30.3 Å². The maximum Gasteiger partial charge on any atom is 0.309 e. The Morgan fingerprint density at radius 2 is 0.826 bits per heavy atom. The molecular weight excluding hydrogens is 863 g/mol. The minimum atomic E-state index is -1.66. The van der Waals surface area contributed by atoms with Crippen LogP contribution in [-0.2, 0) is 33.3 Å². The van der Waals surface area contributed by atoms with Gasteiger partial charge in [0.2, 0.25) is 0 Å². The molecule has 0 saturated heterocycles. The Morgan fingerprint density at radius 1 is 0.449 bits per heavy atom. The highest BCUT2D eigenvalue weighted by Gasteiger charge is 2.21. The Bertz CT molecular complexity index is 1680. The van der Waals surface area contributed by atoms with Gasteiger partial charge >= 0.3 is 11.9 Å². The van der Waals surface area contributed by atoms with Crippen LogP contribution in [0.25, 0.3) is 0 Å². The number of nitrogens with zero attached hydrogens (tertiary/aromatic N) is 1. The lowest BCUT2D eigenvalue weighted by atomic mass is 10.1. The zero-order valence-corrected chi connectivity index (χ0v) is 43.3. The smallest absolute Gasteiger partial charge is 0.309 e. The number of esters is 2. The molecule has 0 rings (SSSR count). The van der Waals surface area contributed by atoms with Crippen LogP contribution >= 0.6 is 0 Å². The normalized spacial score (nSPS) is 14.2. The van der Waals surface area contributed by atoms with Crippen LogP contribution in [0, 0.1) is 0 Å². The Balaban J connectivity index is 4.50. The van der Waals surface area contributed by atoms with Crippen LogP contribution in [-0.4, -0.2) is 82.3 Å². The van der Waals surface area contributed by atoms with Gasteiger partial charge in [0.15, 0.2) is 12.4 Å². The number of carbonyl (C=O) groups is 3. The Kier molecular flexibility index (Phi) is 45.7. The third-order valence-corrected chi connectivity index (χ3v) is 9.80. The van der Waals surface area contributed by atoms with Gasteiger partial charge < -0.3 is 33.3 Å². The Morgan fingerprint density at radius 3 is 1.22 bits per heavy atom. The van der Waals surface area contributed by atoms with E-state index in [1.54, 1.807) is 6.08 Å². The molecule has 0 radical (unpaired) electrons. The molecule has 0 bridgehead atoms. The highest BCUT2D eigenvalue weighted by Crippen LogP contribution is 2.10. The van der Waals surface area contributed by atoms with Gasteiger partial charge in [0, 0.05) is 6.42 Å². The molecule has 0 fully saturated rings. The van der Waals surface area contributed by atoms with Gasteiger partial charge in [-0.05, 0) is 103 Å². The first-order valence-corrected chi connectivity index (χ1v) is 25.6. The van der Waals surface area contributed by atoms with E-state index in [-0.39, 0.29) is 32.7 Å². The topological polar surface area (TPSA) is 111 Å². The highest BCUT2D eigenvalue weighted by molar-refractivity contribution is 5.71. The average Bonchev–Trinajstić information content (AvgIpc) is 3.31. The molecule has 0 aliphatic rings. The van der Waals surface area contributed by atoms with Crippen molar-refractivity contribution in [2.75, 3.05) is 47.5 Å². The molecule has 0 N–H and O–H groups in total. The van der Waals surface area contributed by atoms with Crippen LogP contribution in [0.1, 0.15) is 142 Å². The number of carboxylic acids is 1. The molecule has 9 heteroatoms. The van der Waals surface area contributed by atoms with Crippen molar-refractivity contribution in [3.8, 4) is 0 Å². The average molecular weight is 954 g/mol. The lowest BCUT2D eigenvalue weighted by molar-refractivity contribution is -0.870. The van der Waals surface area contributed by atoms with E-state index >= 15 is 0 Å². The Labute approximate surface area is 419 Å². The molecule has 9 nitrogen and oxygen atoms in total. The third-order valence-electron chi connectivity index (χ3n) is 9.80. The van der Waals surface area contributed by atoms with E-state index in [2.05, 4.69) is 154 Å². The molecule has 0 amide bonds. The van der Waals surface area contributed by atoms with E-state index in [9.17, 15) is 19.5 Å². The van der Waals surface area contributed by atoms with Gasteiger partial charge in [-0.1, -0.05) is 185 Å². The van der Waals surface area contributed by atoms with Crippen molar-refractivity contribution in [1.29, 1.82) is 0 Å². The first-order chi connectivity index (χ1) is 33.6. The molecule has 2 unspecified atom stereocenters. The van der Waals surface area contributed by atoms with Crippen LogP contribution in [0.3, 0.4) is 0 Å². The van der Waals surface area contributed by atoms with Gasteiger partial charge in [-0.2, -0.15) is 0 Å². The molecular formula is C60H91NO8. The van der Waals surface area contributed by atoms with Crippen molar-refractivity contribution >= 4 is 17.9 Å². The van der Waals surface area contributed by atoms with E-state index in [0.29, 0.717) is 23.9 Å². The lowest BCUT2D eigenvalue weighted by Gasteiger charge is -2.26. The molecule has 384 valence electrons. The van der Waals surface area contributed by atoms with Gasteiger partial charge in [-0.3, -0.25) is 9.59 Å². The van der Waals surface area contributed by atoms with Crippen LogP contribution < -0.4 is 5.11 Å². The number of quaternary nitrogens is 1. The first kappa shape index (κ1) is 63.9. The number of allylic oxidation sites excluding steroid dienone is 25. The zero-order chi connectivity index (χ0) is 50.6. The molecule has 0 aliphatic carbocycles. The predicted molar refractivity (Wildman–Crippen MR) is 287 cm³/mol. The summed E-state index contributed by atoms with van der Waals surface area (Å²) in [6.45, 7) is 4.32. The summed E-state index contributed by atoms with van der Waals surface area (Å²) in [5.41, 5.74) is 0. The summed E-state index contributed by atoms with van der Waals surface area (Å²) in [6.07, 6.45) is 70.3. The SMILES string of the molecule is CC/C=C\C/C=C\C/C=C\C/C=C\C/C=C\C/C=C\C/C=C\C/C=C\CCCCCCC(=O)OC(COC(=O)C/C=C\C/C=C\C/C=C\C/C=C\C/C=C\CC)COC(OCC[N+](C)(C)C)C(=O)[O-]. The number of carboxylic acid groups (broad SMARTS) is 1. The second-order valence-electron chi connectivity index (χ2n) is 17.4. The number of likely N-dealkylation sites (N-methyl/N-ethyl adjacent to an activating group) is 1. The van der Waals surface area contributed by atoms with Gasteiger partial charge in [0.1, 0.15) is 13.2 Å². The van der Waals surface area contributed by atoms with Gasteiger partial charge in [0.05, 0.1) is 46.7 Å². The maximum atomic E-state index is 12.8. The third kappa shape index (κ3) is 50.6. The highest BCUT2D eigenvalue weighted by atomic mass is 16.7. The zero-order valence-electron chi connectivity index (χ0n) is 43.3. The summed E-state index contributed by atoms with van der Waals surface area (Å²) in [5.74, 6) is -2.51. The number of hydrogen-bond acceptors (Lipinski definition) is 8. The van der Waals surface area contributed by atoms with Crippen molar-refractivity contribution in [1.82, 2.24) is 0 Å². The molecule has 0 aromatic carbocycles. The number of rotatable bonds is 44. The van der Waals surface area contributed by atoms with Crippen molar-refractivity contribution < 1.29 is 42.9 Å². The second-order valence-corrected chi connectivity index (χ2v) is 17.4. The van der Waals surface area contributed by atoms with Gasteiger partial charge in [-0.25, -0.2) is 0 Å². The van der Waals surface area contributed by atoms with Crippen LogP contribution in [0.2, 0.25) is 0 Å². The van der Waals surface area contributed by atoms with Crippen molar-refractivity contribution in [3.63, 3.8) is 0 Å². The van der Waals surface area contributed by atoms with E-state index in [4.69, 9.17) is 18.9 Å². The minimum Gasteiger partial charge on any atom is -0.545 e. The summed E-state index contributed by atoms with van der Waals surface area (Å²) < 4.78 is 22.4. The summed E-state index contributed by atoms with van der Waals surface area (Å²) >= 11 is 0. The largest absolute Gasteiger partial charge is 0.545 e. The summed E-state index contributed by atoms with van der Waals surface area (Å²) in [4.78, 5) is 37.1. The molecule has 0 saturated carbocycles. The van der Waals surface area contributed by atoms with Crippen LogP contribution in [0.5, 0.6) is 0 Å². The first-order valence-electron chi connectivity index (χ1n) is 25.6. The number of ether oxygens (including phenoxy) is 4. The van der Waals surface area contributed by atoms with Crippen LogP contribution in [0.15, 0.2) is 158 Å². The van der Waals surface area contributed by atoms with Crippen molar-refractivity contribution in [2.45, 2.75) is 155 Å². The number of hydrogen-bond donors (Lipinski definition) is 0. The monoisotopic (exact) mass is 954 g/mol. The number of unbranched alkanes of at least 4 members (excludes halogenated alkanes) is 4. The summed E-state index contributed by atoms with van der Waals surface area (Å²) in [7, 11) is 5.86. The number of carbonyl (C=O) groups excluding carboxylic acids is 3. The fourth-order valence-electron chi connectivity index (χ4n) is 5.92. The fraction of sp³-hybridized carbons (Fsp3) is 0.517. The Hall–Kier alpha value is -5.09.